The van der Waals surface area contributed by atoms with E-state index in [9.17, 15) is 0 Å². The van der Waals surface area contributed by atoms with Crippen molar-refractivity contribution in [1.29, 1.82) is 0 Å². The van der Waals surface area contributed by atoms with Gasteiger partial charge in [0.05, 0.1) is 0 Å². The van der Waals surface area contributed by atoms with Crippen molar-refractivity contribution in [1.82, 2.24) is 0 Å². The second-order valence-electron chi connectivity index (χ2n) is 3.62. The largest absolute Gasteiger partial charge is 0.488 e. The quantitative estimate of drug-likeness (QED) is 0.678. The molecular weight excluding hydrogens is 175 g/mol. The van der Waals surface area contributed by atoms with Gasteiger partial charge in [-0.2, -0.15) is 0 Å². The molecule has 1 aliphatic carbocycles. The first-order valence-electron chi connectivity index (χ1n) is 4.93. The Hall–Kier alpha value is -1.06. The number of rotatable bonds is 2. The molecule has 14 heavy (non-hydrogen) atoms. The zero-order chi connectivity index (χ0) is 9.97. The van der Waals surface area contributed by atoms with Gasteiger partial charge in [-0.25, -0.2) is 0 Å². The predicted molar refractivity (Wildman–Crippen MR) is 58.1 cm³/mol. The van der Waals surface area contributed by atoms with Crippen LogP contribution in [0.1, 0.15) is 24.8 Å². The van der Waals surface area contributed by atoms with Gasteiger partial charge in [0.1, 0.15) is 0 Å². The predicted octanol–water partition coefficient (Wildman–Crippen LogP) is 0.934. The van der Waals surface area contributed by atoms with Crippen LogP contribution in [0.4, 0.5) is 0 Å². The summed E-state index contributed by atoms with van der Waals surface area (Å²) >= 11 is 0. The Balaban J connectivity index is 2.30. The summed E-state index contributed by atoms with van der Waals surface area (Å²) < 4.78 is 0. The maximum absolute atomic E-state index is 9.03. The number of hydrogen-bond acceptors (Lipinski definition) is 2. The molecule has 2 nitrogen and oxygen atoms in total. The highest BCUT2D eigenvalue weighted by Gasteiger charge is 2.13. The van der Waals surface area contributed by atoms with E-state index in [1.165, 1.54) is 12.0 Å². The van der Waals surface area contributed by atoms with E-state index < -0.39 is 7.12 Å². The van der Waals surface area contributed by atoms with Gasteiger partial charge < -0.3 is 10.0 Å². The lowest BCUT2D eigenvalue weighted by atomic mass is 9.79. The molecule has 2 N–H and O–H groups in total. The molecule has 0 spiro atoms. The molecule has 0 saturated heterocycles. The lowest BCUT2D eigenvalue weighted by Gasteiger charge is -2.05. The van der Waals surface area contributed by atoms with Crippen LogP contribution < -0.4 is 5.46 Å². The van der Waals surface area contributed by atoms with Crippen molar-refractivity contribution in [2.75, 3.05) is 0 Å². The highest BCUT2D eigenvalue weighted by Crippen LogP contribution is 2.26. The normalized spacial score (nSPS) is 15.4. The van der Waals surface area contributed by atoms with Crippen LogP contribution in [0.2, 0.25) is 0 Å². The average molecular weight is 188 g/mol. The summed E-state index contributed by atoms with van der Waals surface area (Å²) in [7, 11) is -1.36. The van der Waals surface area contributed by atoms with Crippen molar-refractivity contribution < 1.29 is 10.0 Å². The van der Waals surface area contributed by atoms with Gasteiger partial charge in [0.25, 0.3) is 0 Å². The van der Waals surface area contributed by atoms with Crippen LogP contribution in [0.5, 0.6) is 0 Å². The second-order valence-corrected chi connectivity index (χ2v) is 3.62. The fraction of sp³-hybridized carbons (Fsp3) is 0.273. The van der Waals surface area contributed by atoms with Crippen molar-refractivity contribution in [3.05, 3.63) is 35.9 Å². The third kappa shape index (κ3) is 1.89. The third-order valence-electron chi connectivity index (χ3n) is 2.60. The summed E-state index contributed by atoms with van der Waals surface area (Å²) in [6.45, 7) is 0. The molecule has 3 heteroatoms. The van der Waals surface area contributed by atoms with Crippen LogP contribution in [0, 0.1) is 0 Å². The average Bonchev–Trinajstić information content (AvgIpc) is 2.71. The Morgan fingerprint density at radius 3 is 2.71 bits per heavy atom. The van der Waals surface area contributed by atoms with E-state index in [2.05, 4.69) is 6.08 Å². The van der Waals surface area contributed by atoms with Gasteiger partial charge in [0.2, 0.25) is 0 Å². The molecule has 0 bridgehead atoms. The Morgan fingerprint density at radius 2 is 2.07 bits per heavy atom. The van der Waals surface area contributed by atoms with Crippen LogP contribution in [0.3, 0.4) is 0 Å². The summed E-state index contributed by atoms with van der Waals surface area (Å²) in [5.74, 6) is 0. The van der Waals surface area contributed by atoms with E-state index in [0.717, 1.165) is 18.4 Å². The molecule has 1 aromatic rings. The van der Waals surface area contributed by atoms with Gasteiger partial charge in [-0.3, -0.25) is 0 Å². The first-order valence-corrected chi connectivity index (χ1v) is 4.93. The van der Waals surface area contributed by atoms with Crippen LogP contribution in [0.15, 0.2) is 30.3 Å². The Labute approximate surface area is 84.0 Å². The minimum atomic E-state index is -1.36. The zero-order valence-corrected chi connectivity index (χ0v) is 7.98. The molecule has 1 aromatic carbocycles. The monoisotopic (exact) mass is 188 g/mol. The maximum atomic E-state index is 9.03. The van der Waals surface area contributed by atoms with Crippen LogP contribution >= 0.6 is 0 Å². The topological polar surface area (TPSA) is 40.5 Å². The first kappa shape index (κ1) is 9.50. The van der Waals surface area contributed by atoms with Gasteiger partial charge in [-0.15, -0.1) is 0 Å². The Bertz CT molecular complexity index is 358. The zero-order valence-electron chi connectivity index (χ0n) is 7.98. The minimum absolute atomic E-state index is 0.565. The van der Waals surface area contributed by atoms with Crippen LogP contribution in [-0.2, 0) is 0 Å². The van der Waals surface area contributed by atoms with E-state index in [1.54, 1.807) is 6.07 Å². The first-order chi connectivity index (χ1) is 6.77. The fourth-order valence-corrected chi connectivity index (χ4v) is 1.83. The highest BCUT2D eigenvalue weighted by molar-refractivity contribution is 6.58. The standard InChI is InChI=1S/C11H13BO2/c13-12(14)11-7-3-6-10(8-11)9-4-1-2-5-9/h3-4,6-8,13-14H,1-2,5H2. The number of benzene rings is 1. The van der Waals surface area contributed by atoms with Crippen LogP contribution in [0.25, 0.3) is 5.57 Å². The molecule has 0 fully saturated rings. The Morgan fingerprint density at radius 1 is 1.21 bits per heavy atom. The maximum Gasteiger partial charge on any atom is 0.488 e. The van der Waals surface area contributed by atoms with E-state index in [-0.39, 0.29) is 0 Å². The van der Waals surface area contributed by atoms with Crippen molar-refractivity contribution in [2.24, 2.45) is 0 Å². The van der Waals surface area contributed by atoms with Gasteiger partial charge in [0, 0.05) is 0 Å². The molecule has 0 heterocycles. The summed E-state index contributed by atoms with van der Waals surface area (Å²) in [6.07, 6.45) is 5.68. The van der Waals surface area contributed by atoms with Gasteiger partial charge in [-0.1, -0.05) is 30.3 Å². The summed E-state index contributed by atoms with van der Waals surface area (Å²) in [5.41, 5.74) is 3.01. The van der Waals surface area contributed by atoms with Gasteiger partial charge >= 0.3 is 7.12 Å². The molecule has 0 saturated carbocycles. The fourth-order valence-electron chi connectivity index (χ4n) is 1.83. The minimum Gasteiger partial charge on any atom is -0.423 e. The molecular formula is C11H13BO2. The molecule has 2 rings (SSSR count). The number of hydrogen-bond donors (Lipinski definition) is 2. The van der Waals surface area contributed by atoms with E-state index in [0.29, 0.717) is 5.46 Å². The van der Waals surface area contributed by atoms with E-state index in [1.807, 2.05) is 18.2 Å². The second kappa shape index (κ2) is 3.99. The van der Waals surface area contributed by atoms with Crippen molar-refractivity contribution in [3.63, 3.8) is 0 Å². The highest BCUT2D eigenvalue weighted by atomic mass is 16.4. The molecule has 72 valence electrons. The molecule has 0 aromatic heterocycles. The smallest absolute Gasteiger partial charge is 0.423 e. The lowest BCUT2D eigenvalue weighted by Crippen LogP contribution is -2.29. The molecule has 0 unspecified atom stereocenters. The van der Waals surface area contributed by atoms with Crippen molar-refractivity contribution in [2.45, 2.75) is 19.3 Å². The van der Waals surface area contributed by atoms with Crippen LogP contribution in [-0.4, -0.2) is 17.2 Å². The third-order valence-corrected chi connectivity index (χ3v) is 2.60. The number of allylic oxidation sites excluding steroid dienone is 2. The summed E-state index contributed by atoms with van der Waals surface area (Å²) in [4.78, 5) is 0. The summed E-state index contributed by atoms with van der Waals surface area (Å²) in [6, 6.07) is 7.46. The molecule has 0 atom stereocenters. The summed E-state index contributed by atoms with van der Waals surface area (Å²) in [5, 5.41) is 18.1. The SMILES string of the molecule is OB(O)c1cccc(C2=CCCC2)c1. The van der Waals surface area contributed by atoms with E-state index in [4.69, 9.17) is 10.0 Å². The lowest BCUT2D eigenvalue weighted by molar-refractivity contribution is 0.426. The van der Waals surface area contributed by atoms with Crippen molar-refractivity contribution >= 4 is 18.2 Å². The van der Waals surface area contributed by atoms with Gasteiger partial charge in [0.15, 0.2) is 0 Å². The molecule has 1 aliphatic rings. The van der Waals surface area contributed by atoms with Gasteiger partial charge in [-0.05, 0) is 35.9 Å². The molecule has 0 aliphatic heterocycles. The molecule has 0 radical (unpaired) electrons. The molecule has 0 amide bonds. The van der Waals surface area contributed by atoms with E-state index >= 15 is 0 Å². The van der Waals surface area contributed by atoms with Crippen molar-refractivity contribution in [3.8, 4) is 0 Å². The Kier molecular flexibility index (Phi) is 2.70.